The molecular weight excluding hydrogens is 228 g/mol. The van der Waals surface area contributed by atoms with Gasteiger partial charge in [0.15, 0.2) is 5.79 Å². The predicted octanol–water partition coefficient (Wildman–Crippen LogP) is -0.0896. The zero-order chi connectivity index (χ0) is 12.8. The molecule has 2 aromatic rings. The fourth-order valence-electron chi connectivity index (χ4n) is 2.33. The first-order valence-electron chi connectivity index (χ1n) is 5.74. The molecule has 0 heterocycles. The van der Waals surface area contributed by atoms with Crippen LogP contribution in [-0.2, 0) is 4.79 Å². The lowest BCUT2D eigenvalue weighted by atomic mass is 9.91. The Balaban J connectivity index is 2.39. The summed E-state index contributed by atoms with van der Waals surface area (Å²) < 4.78 is 0. The highest BCUT2D eigenvalue weighted by Gasteiger charge is 2.32. The van der Waals surface area contributed by atoms with Crippen molar-refractivity contribution in [2.24, 2.45) is 5.92 Å². The maximum atomic E-state index is 10.9. The van der Waals surface area contributed by atoms with Crippen molar-refractivity contribution < 1.29 is 15.0 Å². The molecule has 3 heteroatoms. The zero-order valence-electron chi connectivity index (χ0n) is 9.58. The van der Waals surface area contributed by atoms with E-state index in [2.05, 4.69) is 0 Å². The molecule has 1 aliphatic carbocycles. The standard InChI is InChI=1S/C15H12O3/c16-9-14-7-12-5-10-3-1-2-4-11(10)6-13(12)8-15(14,17)18/h1-9,14,17-18H. The van der Waals surface area contributed by atoms with Gasteiger partial charge in [-0.05, 0) is 39.4 Å². The summed E-state index contributed by atoms with van der Waals surface area (Å²) in [5, 5.41) is 23.3. The van der Waals surface area contributed by atoms with Crippen LogP contribution in [0.25, 0.3) is 22.9 Å². The van der Waals surface area contributed by atoms with Crippen LogP contribution in [0.2, 0.25) is 0 Å². The fraction of sp³-hybridized carbons (Fsp3) is 0.133. The lowest BCUT2D eigenvalue weighted by Crippen LogP contribution is -2.44. The Morgan fingerprint density at radius 1 is 1.06 bits per heavy atom. The first kappa shape index (κ1) is 11.1. The number of aliphatic hydroxyl groups is 2. The molecular formula is C15H12O3. The Labute approximate surface area is 103 Å². The van der Waals surface area contributed by atoms with Gasteiger partial charge < -0.3 is 15.0 Å². The maximum Gasteiger partial charge on any atom is 0.196 e. The van der Waals surface area contributed by atoms with E-state index in [1.54, 1.807) is 6.08 Å². The maximum absolute atomic E-state index is 10.9. The molecule has 0 amide bonds. The number of fused-ring (bicyclic) bond motifs is 2. The van der Waals surface area contributed by atoms with Crippen molar-refractivity contribution in [1.82, 2.24) is 0 Å². The van der Waals surface area contributed by atoms with Crippen molar-refractivity contribution in [1.29, 1.82) is 0 Å². The van der Waals surface area contributed by atoms with E-state index in [9.17, 15) is 15.0 Å². The van der Waals surface area contributed by atoms with E-state index in [1.165, 1.54) is 6.08 Å². The lowest BCUT2D eigenvalue weighted by Gasteiger charge is -2.24. The summed E-state index contributed by atoms with van der Waals surface area (Å²) in [4.78, 5) is 10.9. The normalized spacial score (nSPS) is 20.7. The number of hydrogen-bond acceptors (Lipinski definition) is 3. The van der Waals surface area contributed by atoms with Gasteiger partial charge in [0.1, 0.15) is 6.29 Å². The minimum atomic E-state index is -2.10. The minimum Gasteiger partial charge on any atom is -0.362 e. The number of aldehydes is 1. The van der Waals surface area contributed by atoms with Crippen LogP contribution < -0.4 is 10.4 Å². The van der Waals surface area contributed by atoms with Crippen molar-refractivity contribution in [3.05, 3.63) is 46.8 Å². The van der Waals surface area contributed by atoms with E-state index >= 15 is 0 Å². The molecule has 0 bridgehead atoms. The first-order valence-corrected chi connectivity index (χ1v) is 5.74. The molecule has 3 rings (SSSR count). The van der Waals surface area contributed by atoms with E-state index in [-0.39, 0.29) is 0 Å². The molecule has 0 saturated carbocycles. The van der Waals surface area contributed by atoms with Gasteiger partial charge in [-0.15, -0.1) is 0 Å². The Morgan fingerprint density at radius 3 is 2.28 bits per heavy atom. The molecule has 0 radical (unpaired) electrons. The van der Waals surface area contributed by atoms with E-state index in [0.717, 1.165) is 21.2 Å². The summed E-state index contributed by atoms with van der Waals surface area (Å²) in [6, 6.07) is 11.7. The SMILES string of the molecule is O=CC1C=c2cc3ccccc3cc2=CC1(O)O. The molecule has 0 fully saturated rings. The van der Waals surface area contributed by atoms with Crippen LogP contribution in [0.5, 0.6) is 0 Å². The molecule has 90 valence electrons. The van der Waals surface area contributed by atoms with Crippen molar-refractivity contribution in [3.8, 4) is 0 Å². The average Bonchev–Trinajstić information content (AvgIpc) is 2.34. The third-order valence-electron chi connectivity index (χ3n) is 3.32. The summed E-state index contributed by atoms with van der Waals surface area (Å²) in [6.45, 7) is 0. The van der Waals surface area contributed by atoms with E-state index in [1.807, 2.05) is 36.4 Å². The Bertz CT molecular complexity index is 744. The van der Waals surface area contributed by atoms with Gasteiger partial charge in [-0.3, -0.25) is 0 Å². The minimum absolute atomic E-state index is 0.550. The molecule has 0 aromatic heterocycles. The van der Waals surface area contributed by atoms with E-state index in [4.69, 9.17) is 0 Å². The van der Waals surface area contributed by atoms with Gasteiger partial charge in [0.2, 0.25) is 0 Å². The molecule has 3 nitrogen and oxygen atoms in total. The molecule has 1 aliphatic rings. The van der Waals surface area contributed by atoms with Gasteiger partial charge in [-0.1, -0.05) is 30.3 Å². The predicted molar refractivity (Wildman–Crippen MR) is 68.9 cm³/mol. The van der Waals surface area contributed by atoms with Gasteiger partial charge in [-0.25, -0.2) is 0 Å². The molecule has 0 aliphatic heterocycles. The Kier molecular flexibility index (Phi) is 2.33. The topological polar surface area (TPSA) is 57.5 Å². The van der Waals surface area contributed by atoms with Gasteiger partial charge in [0.05, 0.1) is 5.92 Å². The second kappa shape index (κ2) is 3.77. The highest BCUT2D eigenvalue weighted by atomic mass is 16.5. The highest BCUT2D eigenvalue weighted by molar-refractivity contribution is 5.84. The average molecular weight is 240 g/mol. The summed E-state index contributed by atoms with van der Waals surface area (Å²) in [7, 11) is 0. The fourth-order valence-corrected chi connectivity index (χ4v) is 2.33. The molecule has 1 atom stereocenters. The van der Waals surface area contributed by atoms with Gasteiger partial charge in [0.25, 0.3) is 0 Å². The van der Waals surface area contributed by atoms with Crippen molar-refractivity contribution in [2.75, 3.05) is 0 Å². The van der Waals surface area contributed by atoms with Crippen molar-refractivity contribution >= 4 is 29.2 Å². The second-order valence-electron chi connectivity index (χ2n) is 4.58. The van der Waals surface area contributed by atoms with Crippen molar-refractivity contribution in [3.63, 3.8) is 0 Å². The molecule has 2 aromatic carbocycles. The number of carbonyl (C=O) groups excluding carboxylic acids is 1. The van der Waals surface area contributed by atoms with Crippen LogP contribution in [0.3, 0.4) is 0 Å². The lowest BCUT2D eigenvalue weighted by molar-refractivity contribution is -0.143. The molecule has 2 N–H and O–H groups in total. The van der Waals surface area contributed by atoms with Gasteiger partial charge in [-0.2, -0.15) is 0 Å². The third kappa shape index (κ3) is 1.65. The Hall–Kier alpha value is -1.97. The summed E-state index contributed by atoms with van der Waals surface area (Å²) in [5.74, 6) is -3.02. The van der Waals surface area contributed by atoms with Crippen LogP contribution in [0.15, 0.2) is 36.4 Å². The zero-order valence-corrected chi connectivity index (χ0v) is 9.58. The van der Waals surface area contributed by atoms with Crippen LogP contribution in [-0.4, -0.2) is 22.3 Å². The van der Waals surface area contributed by atoms with Crippen LogP contribution in [0.4, 0.5) is 0 Å². The van der Waals surface area contributed by atoms with Crippen LogP contribution in [0.1, 0.15) is 0 Å². The Morgan fingerprint density at radius 2 is 1.67 bits per heavy atom. The largest absolute Gasteiger partial charge is 0.362 e. The van der Waals surface area contributed by atoms with E-state index in [0.29, 0.717) is 6.29 Å². The molecule has 0 saturated heterocycles. The number of carbonyl (C=O) groups is 1. The van der Waals surface area contributed by atoms with Gasteiger partial charge >= 0.3 is 0 Å². The smallest absolute Gasteiger partial charge is 0.196 e. The van der Waals surface area contributed by atoms with Crippen LogP contribution in [0, 0.1) is 5.92 Å². The van der Waals surface area contributed by atoms with Gasteiger partial charge in [0, 0.05) is 0 Å². The van der Waals surface area contributed by atoms with Crippen LogP contribution >= 0.6 is 0 Å². The molecule has 1 unspecified atom stereocenters. The number of benzene rings is 2. The summed E-state index contributed by atoms with van der Waals surface area (Å²) in [5.41, 5.74) is 0. The molecule has 18 heavy (non-hydrogen) atoms. The quantitative estimate of drug-likeness (QED) is 0.541. The highest BCUT2D eigenvalue weighted by Crippen LogP contribution is 2.18. The first-order chi connectivity index (χ1) is 8.60. The number of rotatable bonds is 1. The summed E-state index contributed by atoms with van der Waals surface area (Å²) >= 11 is 0. The third-order valence-corrected chi connectivity index (χ3v) is 3.32. The van der Waals surface area contributed by atoms with E-state index < -0.39 is 11.7 Å². The second-order valence-corrected chi connectivity index (χ2v) is 4.58. The monoisotopic (exact) mass is 240 g/mol. The molecule has 0 spiro atoms. The summed E-state index contributed by atoms with van der Waals surface area (Å²) in [6.07, 6.45) is 3.47. The van der Waals surface area contributed by atoms with Crippen molar-refractivity contribution in [2.45, 2.75) is 5.79 Å². The number of hydrogen-bond donors (Lipinski definition) is 2.